The number of nitrogens with zero attached hydrogens (tertiary/aromatic N) is 2. The molecule has 0 aliphatic carbocycles. The minimum absolute atomic E-state index is 1.41. The van der Waals surface area contributed by atoms with Gasteiger partial charge in [0.2, 0.25) is 0 Å². The van der Waals surface area contributed by atoms with Crippen LogP contribution >= 0.6 is 0 Å². The largest absolute Gasteiger partial charge is 0.419 e. The number of benzene rings is 1. The van der Waals surface area contributed by atoms with Crippen LogP contribution in [0.2, 0.25) is 0 Å². The molecule has 8 nitrogen and oxygen atoms in total. The lowest BCUT2D eigenvalue weighted by atomic mass is 9.90. The summed E-state index contributed by atoms with van der Waals surface area (Å²) >= 11 is 0. The van der Waals surface area contributed by atoms with Crippen molar-refractivity contribution in [2.45, 2.75) is 24.7 Å². The maximum absolute atomic E-state index is 13.5. The molecule has 0 radical (unpaired) electrons. The summed E-state index contributed by atoms with van der Waals surface area (Å²) in [5.41, 5.74) is -11.6. The second-order valence-corrected chi connectivity index (χ2v) is 5.60. The van der Waals surface area contributed by atoms with E-state index in [1.807, 2.05) is 0 Å². The number of hydrogen-bond acceptors (Lipinski definition) is 4. The molecule has 32 heavy (non-hydrogen) atoms. The van der Waals surface area contributed by atoms with Crippen molar-refractivity contribution in [3.8, 4) is 0 Å². The fourth-order valence-electron chi connectivity index (χ4n) is 2.53. The topological polar surface area (TPSA) is 145 Å². The molecule has 0 aliphatic heterocycles. The first-order chi connectivity index (χ1) is 14.0. The molecule has 1 rings (SSSR count). The smallest absolute Gasteiger partial charge is 0.350 e. The van der Waals surface area contributed by atoms with Gasteiger partial charge in [0.1, 0.15) is 0 Å². The fraction of sp³-hybridized carbons (Fsp3) is 0.333. The Labute approximate surface area is 167 Å². The number of primary amides is 2. The highest BCUT2D eigenvalue weighted by Crippen LogP contribution is 2.58. The van der Waals surface area contributed by atoms with Crippen LogP contribution in [0.15, 0.2) is 0 Å². The zero-order valence-electron chi connectivity index (χ0n) is 14.6. The summed E-state index contributed by atoms with van der Waals surface area (Å²) in [4.78, 5) is 22.2. The number of hydrazine groups is 2. The molecule has 0 spiro atoms. The molecule has 0 atom stereocenters. The number of nitrogens with two attached hydrogens (primary N) is 4. The lowest BCUT2D eigenvalue weighted by Gasteiger charge is -2.33. The van der Waals surface area contributed by atoms with E-state index in [0.29, 0.717) is 0 Å². The summed E-state index contributed by atoms with van der Waals surface area (Å²) in [7, 11) is 0. The molecule has 0 aliphatic rings. The molecule has 0 fully saturated rings. The highest BCUT2D eigenvalue weighted by molar-refractivity contribution is 5.97. The number of hydrogen-bond donors (Lipinski definition) is 4. The minimum atomic E-state index is -6.56. The van der Waals surface area contributed by atoms with Gasteiger partial charge in [0.15, 0.2) is 0 Å². The molecule has 20 heteroatoms. The Hall–Kier alpha value is -3.16. The molecule has 0 bridgehead atoms. The fourth-order valence-corrected chi connectivity index (χ4v) is 2.53. The summed E-state index contributed by atoms with van der Waals surface area (Å²) < 4.78 is 163. The van der Waals surface area contributed by atoms with Crippen LogP contribution in [0.4, 0.5) is 73.6 Å². The van der Waals surface area contributed by atoms with Crippen molar-refractivity contribution in [3.63, 3.8) is 0 Å². The van der Waals surface area contributed by atoms with Crippen molar-refractivity contribution in [3.05, 3.63) is 22.3 Å². The number of amides is 4. The Balaban J connectivity index is 4.85. The van der Waals surface area contributed by atoms with Crippen LogP contribution in [-0.4, -0.2) is 12.1 Å². The third-order valence-electron chi connectivity index (χ3n) is 3.54. The predicted molar refractivity (Wildman–Crippen MR) is 78.9 cm³/mol. The Kier molecular flexibility index (Phi) is 6.52. The van der Waals surface area contributed by atoms with Crippen molar-refractivity contribution in [2.75, 3.05) is 10.0 Å². The van der Waals surface area contributed by atoms with Gasteiger partial charge in [-0.1, -0.05) is 0 Å². The first kappa shape index (κ1) is 26.9. The van der Waals surface area contributed by atoms with Crippen molar-refractivity contribution in [1.29, 1.82) is 0 Å². The van der Waals surface area contributed by atoms with Crippen LogP contribution in [0.1, 0.15) is 22.3 Å². The first-order valence-corrected chi connectivity index (χ1v) is 7.16. The molecule has 4 amide bonds. The van der Waals surface area contributed by atoms with Crippen molar-refractivity contribution in [2.24, 2.45) is 23.2 Å². The number of halogens is 12. The van der Waals surface area contributed by atoms with Gasteiger partial charge >= 0.3 is 36.8 Å². The number of carbonyl (C=O) groups is 2. The molecular formula is C12H8F12N6O2. The lowest BCUT2D eigenvalue weighted by molar-refractivity contribution is -0.169. The molecule has 182 valence electrons. The zero-order valence-corrected chi connectivity index (χ0v) is 14.6. The number of urea groups is 2. The maximum Gasteiger partial charge on any atom is 0.419 e. The number of carbonyl (C=O) groups excluding carboxylic acids is 2. The second kappa shape index (κ2) is 7.76. The van der Waals surface area contributed by atoms with Crippen LogP contribution in [0.5, 0.6) is 0 Å². The van der Waals surface area contributed by atoms with E-state index in [0.717, 1.165) is 0 Å². The van der Waals surface area contributed by atoms with Crippen LogP contribution in [0, 0.1) is 0 Å². The van der Waals surface area contributed by atoms with E-state index in [4.69, 9.17) is 0 Å². The Morgan fingerprint density at radius 1 is 0.500 bits per heavy atom. The predicted octanol–water partition coefficient (Wildman–Crippen LogP) is 3.28. The third kappa shape index (κ3) is 4.84. The zero-order chi connectivity index (χ0) is 25.8. The van der Waals surface area contributed by atoms with Gasteiger partial charge in [0.05, 0.1) is 33.6 Å². The quantitative estimate of drug-likeness (QED) is 0.216. The number of alkyl halides is 12. The summed E-state index contributed by atoms with van der Waals surface area (Å²) in [6, 6.07) is -5.01. The van der Waals surface area contributed by atoms with Gasteiger partial charge in [-0.05, 0) is 0 Å². The molecule has 0 unspecified atom stereocenters. The Morgan fingerprint density at radius 2 is 0.656 bits per heavy atom. The summed E-state index contributed by atoms with van der Waals surface area (Å²) in [5, 5.41) is -2.82. The Morgan fingerprint density at radius 3 is 0.750 bits per heavy atom. The molecule has 1 aromatic rings. The van der Waals surface area contributed by atoms with Crippen LogP contribution in [0.25, 0.3) is 0 Å². The van der Waals surface area contributed by atoms with E-state index in [-0.39, 0.29) is 0 Å². The van der Waals surface area contributed by atoms with Gasteiger partial charge in [0.25, 0.3) is 0 Å². The van der Waals surface area contributed by atoms with E-state index >= 15 is 0 Å². The normalized spacial score (nSPS) is 13.2. The van der Waals surface area contributed by atoms with E-state index in [1.165, 1.54) is 0 Å². The van der Waals surface area contributed by atoms with E-state index in [2.05, 4.69) is 23.2 Å². The van der Waals surface area contributed by atoms with Crippen LogP contribution in [-0.2, 0) is 24.7 Å². The second-order valence-electron chi connectivity index (χ2n) is 5.60. The molecule has 0 saturated heterocycles. The standard InChI is InChI=1S/C12H8F12N6O2/c13-9(14,15)1-2(10(16,17)18)6(30(28)8(26)32)4(12(22,23)24)3(11(19,20)21)5(1)29(27)7(25)31/h27-28H2,(H2,25,31)(H2,26,32). The highest BCUT2D eigenvalue weighted by atomic mass is 19.4. The average molecular weight is 496 g/mol. The van der Waals surface area contributed by atoms with Gasteiger partial charge in [-0.2, -0.15) is 52.7 Å². The van der Waals surface area contributed by atoms with E-state index in [9.17, 15) is 62.3 Å². The van der Waals surface area contributed by atoms with Gasteiger partial charge in [-0.3, -0.25) is 0 Å². The van der Waals surface area contributed by atoms with Gasteiger partial charge < -0.3 is 11.5 Å². The molecule has 0 saturated carbocycles. The summed E-state index contributed by atoms with van der Waals surface area (Å²) in [5.74, 6) is 9.26. The molecule has 1 aromatic carbocycles. The number of rotatable bonds is 2. The van der Waals surface area contributed by atoms with Gasteiger partial charge in [-0.15, -0.1) is 0 Å². The molecular weight excluding hydrogens is 488 g/mol. The van der Waals surface area contributed by atoms with Crippen LogP contribution < -0.4 is 33.2 Å². The van der Waals surface area contributed by atoms with Gasteiger partial charge in [0, 0.05) is 0 Å². The van der Waals surface area contributed by atoms with E-state index < -0.39 is 80.4 Å². The Bertz CT molecular complexity index is 805. The minimum Gasteiger partial charge on any atom is -0.350 e. The monoisotopic (exact) mass is 496 g/mol. The SMILES string of the molecule is NC(=O)N(N)c1c(C(F)(F)F)c(C(F)(F)F)c(N(N)C(N)=O)c(C(F)(F)F)c1C(F)(F)F. The summed E-state index contributed by atoms with van der Waals surface area (Å²) in [6.45, 7) is 0. The molecule has 0 heterocycles. The highest BCUT2D eigenvalue weighted by Gasteiger charge is 2.58. The third-order valence-corrected chi connectivity index (χ3v) is 3.54. The average Bonchev–Trinajstić information content (AvgIpc) is 2.54. The maximum atomic E-state index is 13.5. The van der Waals surface area contributed by atoms with Gasteiger partial charge in [-0.25, -0.2) is 31.3 Å². The van der Waals surface area contributed by atoms with Crippen molar-refractivity contribution >= 4 is 23.4 Å². The van der Waals surface area contributed by atoms with Crippen LogP contribution in [0.3, 0.4) is 0 Å². The molecule has 8 N–H and O–H groups in total. The summed E-state index contributed by atoms with van der Waals surface area (Å²) in [6.07, 6.45) is -26.3. The molecule has 0 aromatic heterocycles. The van der Waals surface area contributed by atoms with Crippen molar-refractivity contribution in [1.82, 2.24) is 0 Å². The number of anilines is 2. The lowest BCUT2D eigenvalue weighted by Crippen LogP contribution is -2.47. The first-order valence-electron chi connectivity index (χ1n) is 7.16. The van der Waals surface area contributed by atoms with Crippen molar-refractivity contribution < 1.29 is 62.3 Å². The van der Waals surface area contributed by atoms with E-state index in [1.54, 1.807) is 0 Å².